The van der Waals surface area contributed by atoms with Crippen LogP contribution in [0, 0.1) is 0 Å². The summed E-state index contributed by atoms with van der Waals surface area (Å²) in [5.74, 6) is 0. The zero-order chi connectivity index (χ0) is 15.5. The van der Waals surface area contributed by atoms with Gasteiger partial charge in [-0.2, -0.15) is 0 Å². The SMILES string of the molecule is c1ccc([Se]C(c2ccccc2)n2nnc3ccccc32)cc1. The van der Waals surface area contributed by atoms with Gasteiger partial charge in [0.1, 0.15) is 0 Å². The van der Waals surface area contributed by atoms with E-state index in [2.05, 4.69) is 81.7 Å². The average Bonchev–Trinajstić information content (AvgIpc) is 3.05. The van der Waals surface area contributed by atoms with Crippen LogP contribution < -0.4 is 4.46 Å². The van der Waals surface area contributed by atoms with Gasteiger partial charge in [-0.25, -0.2) is 0 Å². The van der Waals surface area contributed by atoms with E-state index in [0.717, 1.165) is 11.0 Å². The third-order valence-electron chi connectivity index (χ3n) is 3.68. The van der Waals surface area contributed by atoms with E-state index < -0.39 is 0 Å². The van der Waals surface area contributed by atoms with E-state index in [-0.39, 0.29) is 19.9 Å². The number of rotatable bonds is 4. The molecule has 4 aromatic rings. The number of fused-ring (bicyclic) bond motifs is 1. The van der Waals surface area contributed by atoms with Crippen molar-refractivity contribution in [3.63, 3.8) is 0 Å². The van der Waals surface area contributed by atoms with E-state index in [4.69, 9.17) is 0 Å². The first kappa shape index (κ1) is 14.2. The molecule has 3 nitrogen and oxygen atoms in total. The molecule has 1 aromatic heterocycles. The minimum atomic E-state index is 0.193. The van der Waals surface area contributed by atoms with Crippen LogP contribution >= 0.6 is 0 Å². The molecule has 0 amide bonds. The van der Waals surface area contributed by atoms with Crippen LogP contribution in [0.2, 0.25) is 0 Å². The third-order valence-corrected chi connectivity index (χ3v) is 6.28. The number of para-hydroxylation sites is 1. The van der Waals surface area contributed by atoms with Crippen molar-refractivity contribution in [2.45, 2.75) is 4.94 Å². The molecule has 1 unspecified atom stereocenters. The molecule has 0 spiro atoms. The Morgan fingerprint density at radius 2 is 1.39 bits per heavy atom. The van der Waals surface area contributed by atoms with Gasteiger partial charge in [-0.1, -0.05) is 0 Å². The second kappa shape index (κ2) is 6.37. The molecule has 0 aliphatic carbocycles. The Labute approximate surface area is 141 Å². The van der Waals surface area contributed by atoms with Gasteiger partial charge in [-0.05, 0) is 0 Å². The molecule has 0 fully saturated rings. The van der Waals surface area contributed by atoms with Crippen molar-refractivity contribution in [1.82, 2.24) is 15.0 Å². The zero-order valence-electron chi connectivity index (χ0n) is 12.4. The van der Waals surface area contributed by atoms with Crippen molar-refractivity contribution in [2.24, 2.45) is 0 Å². The summed E-state index contributed by atoms with van der Waals surface area (Å²) >= 11 is 0.221. The summed E-state index contributed by atoms with van der Waals surface area (Å²) in [4.78, 5) is 0.193. The molecular formula is C19H15N3Se. The predicted octanol–water partition coefficient (Wildman–Crippen LogP) is 3.01. The first-order valence-electron chi connectivity index (χ1n) is 7.48. The number of aromatic nitrogens is 3. The van der Waals surface area contributed by atoms with E-state index in [0.29, 0.717) is 0 Å². The summed E-state index contributed by atoms with van der Waals surface area (Å²) < 4.78 is 3.42. The Bertz CT molecular complexity index is 903. The van der Waals surface area contributed by atoms with Crippen LogP contribution in [-0.2, 0) is 0 Å². The average molecular weight is 364 g/mol. The van der Waals surface area contributed by atoms with E-state index in [1.165, 1.54) is 10.0 Å². The summed E-state index contributed by atoms with van der Waals surface area (Å²) in [5, 5.41) is 8.78. The maximum atomic E-state index is 4.45. The summed E-state index contributed by atoms with van der Waals surface area (Å²) in [6, 6.07) is 29.3. The first-order valence-corrected chi connectivity index (χ1v) is 9.33. The minimum absolute atomic E-state index is 0.193. The van der Waals surface area contributed by atoms with E-state index in [1.807, 2.05) is 18.2 Å². The molecule has 3 aromatic carbocycles. The molecule has 112 valence electrons. The molecule has 1 heterocycles. The van der Waals surface area contributed by atoms with Gasteiger partial charge in [-0.3, -0.25) is 0 Å². The van der Waals surface area contributed by atoms with Crippen LogP contribution in [0.1, 0.15) is 10.5 Å². The second-order valence-electron chi connectivity index (χ2n) is 5.22. The van der Waals surface area contributed by atoms with Crippen molar-refractivity contribution in [3.05, 3.63) is 90.5 Å². The monoisotopic (exact) mass is 365 g/mol. The van der Waals surface area contributed by atoms with E-state index in [1.54, 1.807) is 0 Å². The Kier molecular flexibility index (Phi) is 3.93. The van der Waals surface area contributed by atoms with Crippen LogP contribution in [0.4, 0.5) is 0 Å². The summed E-state index contributed by atoms with van der Waals surface area (Å²) in [6.45, 7) is 0. The Hall–Kier alpha value is -2.42. The van der Waals surface area contributed by atoms with Crippen molar-refractivity contribution in [3.8, 4) is 0 Å². The van der Waals surface area contributed by atoms with Gasteiger partial charge in [0.15, 0.2) is 0 Å². The Morgan fingerprint density at radius 1 is 0.739 bits per heavy atom. The van der Waals surface area contributed by atoms with Gasteiger partial charge in [0.25, 0.3) is 0 Å². The van der Waals surface area contributed by atoms with Crippen LogP contribution in [0.3, 0.4) is 0 Å². The van der Waals surface area contributed by atoms with Crippen molar-refractivity contribution in [1.29, 1.82) is 0 Å². The molecule has 0 N–H and O–H groups in total. The first-order chi connectivity index (χ1) is 11.4. The van der Waals surface area contributed by atoms with Gasteiger partial charge in [0.2, 0.25) is 0 Å². The van der Waals surface area contributed by atoms with Gasteiger partial charge in [0.05, 0.1) is 0 Å². The van der Waals surface area contributed by atoms with Crippen molar-refractivity contribution in [2.75, 3.05) is 0 Å². The third kappa shape index (κ3) is 2.91. The van der Waals surface area contributed by atoms with E-state index >= 15 is 0 Å². The number of benzene rings is 3. The van der Waals surface area contributed by atoms with E-state index in [9.17, 15) is 0 Å². The van der Waals surface area contributed by atoms with Crippen LogP contribution in [-0.4, -0.2) is 30.0 Å². The molecule has 0 saturated carbocycles. The zero-order valence-corrected chi connectivity index (χ0v) is 14.1. The molecule has 0 radical (unpaired) electrons. The summed E-state index contributed by atoms with van der Waals surface area (Å²) in [6.07, 6.45) is 0. The quantitative estimate of drug-likeness (QED) is 0.521. The molecule has 0 saturated heterocycles. The predicted molar refractivity (Wildman–Crippen MR) is 93.9 cm³/mol. The van der Waals surface area contributed by atoms with Crippen molar-refractivity contribution < 1.29 is 0 Å². The molecule has 4 rings (SSSR count). The molecule has 0 bridgehead atoms. The second-order valence-corrected chi connectivity index (χ2v) is 7.64. The fourth-order valence-corrected chi connectivity index (χ4v) is 4.92. The topological polar surface area (TPSA) is 30.7 Å². The van der Waals surface area contributed by atoms with Gasteiger partial charge >= 0.3 is 141 Å². The molecule has 4 heteroatoms. The molecule has 1 atom stereocenters. The Morgan fingerprint density at radius 3 is 2.17 bits per heavy atom. The van der Waals surface area contributed by atoms with Crippen LogP contribution in [0.25, 0.3) is 11.0 Å². The molecule has 23 heavy (non-hydrogen) atoms. The molecule has 0 aliphatic heterocycles. The summed E-state index contributed by atoms with van der Waals surface area (Å²) in [7, 11) is 0. The normalized spacial score (nSPS) is 12.3. The number of hydrogen-bond acceptors (Lipinski definition) is 2. The maximum absolute atomic E-state index is 4.45. The van der Waals surface area contributed by atoms with Crippen LogP contribution in [0.15, 0.2) is 84.9 Å². The van der Waals surface area contributed by atoms with Crippen LogP contribution in [0.5, 0.6) is 0 Å². The molecular weight excluding hydrogens is 349 g/mol. The fourth-order valence-electron chi connectivity index (χ4n) is 2.57. The Balaban J connectivity index is 1.82. The van der Waals surface area contributed by atoms with Gasteiger partial charge in [0, 0.05) is 0 Å². The van der Waals surface area contributed by atoms with Gasteiger partial charge in [-0.15, -0.1) is 0 Å². The number of nitrogens with zero attached hydrogens (tertiary/aromatic N) is 3. The standard InChI is InChI=1S/C19H15N3Se/c1-3-9-15(10-4-1)19(23-16-11-5-2-6-12-16)22-18-14-8-7-13-17(18)20-21-22/h1-14,19H. The van der Waals surface area contributed by atoms with Gasteiger partial charge < -0.3 is 0 Å². The summed E-state index contributed by atoms with van der Waals surface area (Å²) in [5.41, 5.74) is 3.29. The number of hydrogen-bond donors (Lipinski definition) is 0. The fraction of sp³-hybridized carbons (Fsp3) is 0.0526. The molecule has 0 aliphatic rings. The van der Waals surface area contributed by atoms with Crippen molar-refractivity contribution >= 4 is 30.5 Å².